The molecule has 1 saturated heterocycles. The summed E-state index contributed by atoms with van der Waals surface area (Å²) in [5.74, 6) is 0.0411. The molecule has 0 unspecified atom stereocenters. The van der Waals surface area contributed by atoms with E-state index in [1.807, 2.05) is 12.1 Å². The largest absolute Gasteiger partial charge is 0.389 e. The number of rotatable bonds is 5. The molecular weight excluding hydrogens is 352 g/mol. The van der Waals surface area contributed by atoms with Gasteiger partial charge in [0.25, 0.3) is 5.91 Å². The molecule has 136 valence electrons. The summed E-state index contributed by atoms with van der Waals surface area (Å²) in [5, 5.41) is 13.2. The van der Waals surface area contributed by atoms with Crippen molar-refractivity contribution in [3.63, 3.8) is 0 Å². The van der Waals surface area contributed by atoms with Crippen molar-refractivity contribution < 1.29 is 14.7 Å². The maximum Gasteiger partial charge on any atom is 0.251 e. The number of amides is 2. The molecule has 0 bridgehead atoms. The molecule has 1 aliphatic heterocycles. The van der Waals surface area contributed by atoms with E-state index in [9.17, 15) is 14.7 Å². The predicted molar refractivity (Wildman–Crippen MR) is 97.7 cm³/mol. The highest BCUT2D eigenvalue weighted by atomic mass is 32.2. The number of hydrogen-bond acceptors (Lipinski definition) is 6. The van der Waals surface area contributed by atoms with Gasteiger partial charge in [-0.15, -0.1) is 11.8 Å². The Morgan fingerprint density at radius 2 is 1.81 bits per heavy atom. The van der Waals surface area contributed by atoms with Crippen LogP contribution >= 0.6 is 11.8 Å². The van der Waals surface area contributed by atoms with Crippen LogP contribution in [-0.4, -0.2) is 62.8 Å². The summed E-state index contributed by atoms with van der Waals surface area (Å²) in [5.41, 5.74) is 0.499. The minimum atomic E-state index is -0.788. The average molecular weight is 372 g/mol. The Kier molecular flexibility index (Phi) is 6.19. The van der Waals surface area contributed by atoms with Crippen LogP contribution < -0.4 is 5.32 Å². The van der Waals surface area contributed by atoms with E-state index in [-0.39, 0.29) is 24.4 Å². The molecule has 7 nitrogen and oxygen atoms in total. The molecule has 0 spiro atoms. The third kappa shape index (κ3) is 4.80. The topological polar surface area (TPSA) is 95.4 Å². The molecule has 0 radical (unpaired) electrons. The number of β-amino-alcohol motifs (C(OH)–C–C–N with tert-alkyl or cyclic N) is 1. The first-order valence-electron chi connectivity index (χ1n) is 8.33. The van der Waals surface area contributed by atoms with Crippen LogP contribution in [0, 0.1) is 0 Å². The summed E-state index contributed by atoms with van der Waals surface area (Å²) in [6.45, 7) is 0.727. The van der Waals surface area contributed by atoms with E-state index >= 15 is 0 Å². The summed E-state index contributed by atoms with van der Waals surface area (Å²) >= 11 is 1.44. The summed E-state index contributed by atoms with van der Waals surface area (Å²) < 4.78 is 0. The van der Waals surface area contributed by atoms with Crippen molar-refractivity contribution in [1.29, 1.82) is 0 Å². The van der Waals surface area contributed by atoms with Gasteiger partial charge in [0.2, 0.25) is 5.91 Å². The van der Waals surface area contributed by atoms with E-state index in [2.05, 4.69) is 15.3 Å². The molecule has 2 amide bonds. The van der Waals surface area contributed by atoms with Gasteiger partial charge in [-0.2, -0.15) is 0 Å². The first-order chi connectivity index (χ1) is 12.6. The highest BCUT2D eigenvalue weighted by Gasteiger charge is 2.31. The standard InChI is InChI=1S/C18H20N4O3S/c23-16-11-22(17(24)12-26-14-3-8-20-9-4-14)10-5-15(16)21-18(25)13-1-6-19-7-2-13/h1-4,6-9,15-16,23H,5,10-12H2,(H,21,25)/t15-,16-/m1/s1. The van der Waals surface area contributed by atoms with E-state index < -0.39 is 6.10 Å². The monoisotopic (exact) mass is 372 g/mol. The fourth-order valence-electron chi connectivity index (χ4n) is 2.75. The van der Waals surface area contributed by atoms with Gasteiger partial charge < -0.3 is 15.3 Å². The fraction of sp³-hybridized carbons (Fsp3) is 0.333. The molecule has 1 aliphatic rings. The number of pyridine rings is 2. The number of nitrogens with zero attached hydrogens (tertiary/aromatic N) is 3. The van der Waals surface area contributed by atoms with Gasteiger partial charge in [-0.1, -0.05) is 0 Å². The van der Waals surface area contributed by atoms with Crippen molar-refractivity contribution in [3.8, 4) is 0 Å². The predicted octanol–water partition coefficient (Wildman–Crippen LogP) is 0.960. The van der Waals surface area contributed by atoms with E-state index in [1.165, 1.54) is 11.8 Å². The van der Waals surface area contributed by atoms with Crippen LogP contribution in [0.2, 0.25) is 0 Å². The van der Waals surface area contributed by atoms with Crippen LogP contribution in [0.5, 0.6) is 0 Å². The third-order valence-corrected chi connectivity index (χ3v) is 5.20. The van der Waals surface area contributed by atoms with Gasteiger partial charge in [-0.05, 0) is 30.7 Å². The van der Waals surface area contributed by atoms with E-state index in [0.717, 1.165) is 4.90 Å². The number of aliphatic hydroxyl groups excluding tert-OH is 1. The Bertz CT molecular complexity index is 745. The van der Waals surface area contributed by atoms with Crippen LogP contribution in [0.3, 0.4) is 0 Å². The van der Waals surface area contributed by atoms with E-state index in [4.69, 9.17) is 0 Å². The third-order valence-electron chi connectivity index (χ3n) is 4.21. The summed E-state index contributed by atoms with van der Waals surface area (Å²) in [6, 6.07) is 6.59. The normalized spacial score (nSPS) is 19.8. The zero-order valence-corrected chi connectivity index (χ0v) is 14.9. The van der Waals surface area contributed by atoms with Crippen LogP contribution in [-0.2, 0) is 4.79 Å². The fourth-order valence-corrected chi connectivity index (χ4v) is 3.54. The smallest absolute Gasteiger partial charge is 0.251 e. The molecule has 3 heterocycles. The summed E-state index contributed by atoms with van der Waals surface area (Å²) in [6.07, 6.45) is 6.20. The van der Waals surface area contributed by atoms with Gasteiger partial charge in [-0.25, -0.2) is 0 Å². The summed E-state index contributed by atoms with van der Waals surface area (Å²) in [7, 11) is 0. The summed E-state index contributed by atoms with van der Waals surface area (Å²) in [4.78, 5) is 35.0. The number of piperidine rings is 1. The second kappa shape index (κ2) is 8.77. The lowest BCUT2D eigenvalue weighted by Gasteiger charge is -2.36. The molecule has 0 aromatic carbocycles. The van der Waals surface area contributed by atoms with Crippen molar-refractivity contribution in [2.75, 3.05) is 18.8 Å². The highest BCUT2D eigenvalue weighted by molar-refractivity contribution is 8.00. The van der Waals surface area contributed by atoms with E-state index in [0.29, 0.717) is 24.3 Å². The molecule has 26 heavy (non-hydrogen) atoms. The maximum atomic E-state index is 12.4. The lowest BCUT2D eigenvalue weighted by atomic mass is 10.0. The first-order valence-corrected chi connectivity index (χ1v) is 9.31. The molecule has 2 atom stereocenters. The number of nitrogens with one attached hydrogen (secondary N) is 1. The van der Waals surface area contributed by atoms with Crippen LogP contribution in [0.1, 0.15) is 16.8 Å². The molecule has 1 fully saturated rings. The minimum Gasteiger partial charge on any atom is -0.389 e. The molecule has 2 aromatic rings. The van der Waals surface area contributed by atoms with Gasteiger partial charge in [-0.3, -0.25) is 19.6 Å². The Balaban J connectivity index is 1.48. The van der Waals surface area contributed by atoms with Crippen molar-refractivity contribution >= 4 is 23.6 Å². The Morgan fingerprint density at radius 1 is 1.15 bits per heavy atom. The van der Waals surface area contributed by atoms with Crippen LogP contribution in [0.4, 0.5) is 0 Å². The zero-order valence-electron chi connectivity index (χ0n) is 14.1. The van der Waals surface area contributed by atoms with Crippen molar-refractivity contribution in [2.24, 2.45) is 0 Å². The Morgan fingerprint density at radius 3 is 2.46 bits per heavy atom. The Labute approximate surface area is 155 Å². The minimum absolute atomic E-state index is 0.0234. The van der Waals surface area contributed by atoms with Gasteiger partial charge in [0.1, 0.15) is 0 Å². The zero-order chi connectivity index (χ0) is 18.4. The lowest BCUT2D eigenvalue weighted by molar-refractivity contribution is -0.131. The van der Waals surface area contributed by atoms with Crippen LogP contribution in [0.25, 0.3) is 0 Å². The van der Waals surface area contributed by atoms with Crippen molar-refractivity contribution in [3.05, 3.63) is 54.6 Å². The van der Waals surface area contributed by atoms with Gasteiger partial charge in [0, 0.05) is 48.3 Å². The number of carbonyl (C=O) groups excluding carboxylic acids is 2. The molecule has 2 aromatic heterocycles. The van der Waals surface area contributed by atoms with Crippen molar-refractivity contribution in [1.82, 2.24) is 20.2 Å². The number of thioether (sulfide) groups is 1. The number of carbonyl (C=O) groups is 2. The average Bonchev–Trinajstić information content (AvgIpc) is 2.69. The molecular formula is C18H20N4O3S. The Hall–Kier alpha value is -2.45. The second-order valence-corrected chi connectivity index (χ2v) is 7.03. The number of likely N-dealkylation sites (tertiary alicyclic amines) is 1. The molecule has 0 saturated carbocycles. The lowest BCUT2D eigenvalue weighted by Crippen LogP contribution is -2.55. The second-order valence-electron chi connectivity index (χ2n) is 5.98. The molecule has 8 heteroatoms. The van der Waals surface area contributed by atoms with Crippen LogP contribution in [0.15, 0.2) is 53.9 Å². The first kappa shape index (κ1) is 18.3. The van der Waals surface area contributed by atoms with Gasteiger partial charge in [0.05, 0.1) is 17.9 Å². The molecule has 3 rings (SSSR count). The van der Waals surface area contributed by atoms with E-state index in [1.54, 1.807) is 41.8 Å². The van der Waals surface area contributed by atoms with Gasteiger partial charge >= 0.3 is 0 Å². The quantitative estimate of drug-likeness (QED) is 0.759. The highest BCUT2D eigenvalue weighted by Crippen LogP contribution is 2.19. The van der Waals surface area contributed by atoms with Crippen molar-refractivity contribution in [2.45, 2.75) is 23.5 Å². The molecule has 0 aliphatic carbocycles. The maximum absolute atomic E-state index is 12.4. The van der Waals surface area contributed by atoms with Gasteiger partial charge in [0.15, 0.2) is 0 Å². The number of hydrogen-bond donors (Lipinski definition) is 2. The molecule has 2 N–H and O–H groups in total. The number of aliphatic hydroxyl groups is 1. The SMILES string of the molecule is O=C(N[C@@H]1CCN(C(=O)CSc2ccncc2)C[C@H]1O)c1ccncc1. The number of aromatic nitrogens is 2.